The lowest BCUT2D eigenvalue weighted by Crippen LogP contribution is -1.98. The van der Waals surface area contributed by atoms with Gasteiger partial charge in [-0.05, 0) is 42.0 Å². The van der Waals surface area contributed by atoms with Gasteiger partial charge in [-0.15, -0.1) is 0 Å². The molecule has 0 saturated heterocycles. The number of hydrogen-bond donors (Lipinski definition) is 1. The van der Waals surface area contributed by atoms with E-state index < -0.39 is 10.8 Å². The molecule has 2 nitrogen and oxygen atoms in total. The maximum Gasteiger partial charge on any atom is 0.0604 e. The van der Waals surface area contributed by atoms with Crippen molar-refractivity contribution in [3.05, 3.63) is 57.0 Å². The summed E-state index contributed by atoms with van der Waals surface area (Å²) in [4.78, 5) is 0.605. The molecule has 0 amide bonds. The molecule has 0 aliphatic carbocycles. The smallest absolute Gasteiger partial charge is 0.0604 e. The second-order valence-corrected chi connectivity index (χ2v) is 6.59. The zero-order valence-corrected chi connectivity index (χ0v) is 12.8. The Kier molecular flexibility index (Phi) is 4.74. The second kappa shape index (κ2) is 6.14. The predicted molar refractivity (Wildman–Crippen MR) is 82.4 cm³/mol. The van der Waals surface area contributed by atoms with E-state index in [9.17, 15) is 4.21 Å². The summed E-state index contributed by atoms with van der Waals surface area (Å²) in [7, 11) is -1.25. The Morgan fingerprint density at radius 1 is 0.947 bits per heavy atom. The molecular formula is C13H10Cl3NOS. The average Bonchev–Trinajstić information content (AvgIpc) is 2.37. The fraction of sp³-hybridized carbons (Fsp3) is 0.0769. The van der Waals surface area contributed by atoms with Gasteiger partial charge in [0, 0.05) is 15.6 Å². The van der Waals surface area contributed by atoms with Gasteiger partial charge in [-0.3, -0.25) is 4.21 Å². The molecule has 6 heteroatoms. The summed E-state index contributed by atoms with van der Waals surface area (Å²) in [5.74, 6) is 0.280. The number of nitrogens with two attached hydrogens (primary N) is 1. The minimum Gasteiger partial charge on any atom is -0.399 e. The lowest BCUT2D eigenvalue weighted by molar-refractivity contribution is 0.682. The van der Waals surface area contributed by atoms with Gasteiger partial charge in [0.2, 0.25) is 0 Å². The molecule has 2 aromatic rings. The molecule has 0 radical (unpaired) electrons. The third-order valence-corrected chi connectivity index (χ3v) is 4.97. The summed E-state index contributed by atoms with van der Waals surface area (Å²) < 4.78 is 12.3. The largest absolute Gasteiger partial charge is 0.399 e. The van der Waals surface area contributed by atoms with E-state index in [2.05, 4.69) is 0 Å². The zero-order valence-electron chi connectivity index (χ0n) is 9.70. The van der Waals surface area contributed by atoms with Crippen LogP contribution in [0.3, 0.4) is 0 Å². The van der Waals surface area contributed by atoms with Gasteiger partial charge in [0.05, 0.1) is 26.6 Å². The molecule has 100 valence electrons. The molecule has 0 fully saturated rings. The first kappa shape index (κ1) is 14.7. The Bertz CT molecular complexity index is 646. The van der Waals surface area contributed by atoms with Crippen molar-refractivity contribution in [1.29, 1.82) is 0 Å². The van der Waals surface area contributed by atoms with Gasteiger partial charge in [0.1, 0.15) is 0 Å². The molecule has 0 aliphatic rings. The third-order valence-electron chi connectivity index (χ3n) is 2.51. The first-order chi connectivity index (χ1) is 8.97. The quantitative estimate of drug-likeness (QED) is 0.838. The monoisotopic (exact) mass is 333 g/mol. The zero-order chi connectivity index (χ0) is 14.0. The van der Waals surface area contributed by atoms with Gasteiger partial charge in [-0.25, -0.2) is 0 Å². The van der Waals surface area contributed by atoms with Gasteiger partial charge in [-0.2, -0.15) is 0 Å². The van der Waals surface area contributed by atoms with E-state index in [0.717, 1.165) is 5.56 Å². The molecule has 0 bridgehead atoms. The maximum absolute atomic E-state index is 12.3. The van der Waals surface area contributed by atoms with E-state index in [4.69, 9.17) is 40.5 Å². The molecule has 1 atom stereocenters. The van der Waals surface area contributed by atoms with Crippen LogP contribution in [0.15, 0.2) is 41.3 Å². The molecule has 19 heavy (non-hydrogen) atoms. The molecule has 0 aliphatic heterocycles. The third kappa shape index (κ3) is 3.63. The summed E-state index contributed by atoms with van der Waals surface area (Å²) in [6.07, 6.45) is 0. The van der Waals surface area contributed by atoms with Crippen LogP contribution in [-0.4, -0.2) is 4.21 Å². The van der Waals surface area contributed by atoms with E-state index in [-0.39, 0.29) is 5.75 Å². The molecule has 0 saturated carbocycles. The molecule has 0 aromatic heterocycles. The minimum atomic E-state index is -1.25. The fourth-order valence-electron chi connectivity index (χ4n) is 1.55. The Morgan fingerprint density at radius 2 is 1.63 bits per heavy atom. The Hall–Kier alpha value is -0.740. The van der Waals surface area contributed by atoms with Crippen molar-refractivity contribution in [2.75, 3.05) is 5.73 Å². The fourth-order valence-corrected chi connectivity index (χ4v) is 3.33. The van der Waals surface area contributed by atoms with Crippen LogP contribution in [0.1, 0.15) is 5.56 Å². The highest BCUT2D eigenvalue weighted by atomic mass is 35.5. The lowest BCUT2D eigenvalue weighted by atomic mass is 10.2. The molecule has 2 aromatic carbocycles. The van der Waals surface area contributed by atoms with E-state index in [1.54, 1.807) is 36.4 Å². The summed E-state index contributed by atoms with van der Waals surface area (Å²) in [6, 6.07) is 10.0. The first-order valence-corrected chi connectivity index (χ1v) is 7.80. The molecule has 2 N–H and O–H groups in total. The van der Waals surface area contributed by atoms with Crippen LogP contribution in [0.25, 0.3) is 0 Å². The summed E-state index contributed by atoms with van der Waals surface area (Å²) in [5, 5.41) is 1.36. The normalized spacial score (nSPS) is 12.4. The number of anilines is 1. The topological polar surface area (TPSA) is 43.1 Å². The molecule has 0 spiro atoms. The van der Waals surface area contributed by atoms with Crippen molar-refractivity contribution in [2.45, 2.75) is 10.6 Å². The number of nitrogen functional groups attached to an aromatic ring is 1. The summed E-state index contributed by atoms with van der Waals surface area (Å²) in [6.45, 7) is 0. The highest BCUT2D eigenvalue weighted by Crippen LogP contribution is 2.27. The number of hydrogen-bond acceptors (Lipinski definition) is 2. The summed E-state index contributed by atoms with van der Waals surface area (Å²) >= 11 is 17.8. The predicted octanol–water partition coefficient (Wildman–Crippen LogP) is 4.54. The van der Waals surface area contributed by atoms with Crippen LogP contribution in [0.4, 0.5) is 5.69 Å². The Labute approximate surface area is 128 Å². The van der Waals surface area contributed by atoms with Crippen molar-refractivity contribution < 1.29 is 4.21 Å². The molecule has 0 heterocycles. The van der Waals surface area contributed by atoms with Crippen LogP contribution < -0.4 is 5.73 Å². The minimum absolute atomic E-state index is 0.280. The van der Waals surface area contributed by atoms with Crippen LogP contribution in [0, 0.1) is 0 Å². The maximum atomic E-state index is 12.3. The Balaban J connectivity index is 2.25. The van der Waals surface area contributed by atoms with Crippen LogP contribution in [-0.2, 0) is 16.6 Å². The van der Waals surface area contributed by atoms with Gasteiger partial charge in [0.25, 0.3) is 0 Å². The standard InChI is InChI=1S/C13H10Cl3NOS/c14-11-3-1-9(17)5-8(11)7-19(18)10-2-4-12(15)13(16)6-10/h1-6H,7,17H2. The van der Waals surface area contributed by atoms with Crippen molar-refractivity contribution >= 4 is 51.3 Å². The van der Waals surface area contributed by atoms with Crippen molar-refractivity contribution in [3.8, 4) is 0 Å². The van der Waals surface area contributed by atoms with Gasteiger partial charge in [0.15, 0.2) is 0 Å². The van der Waals surface area contributed by atoms with Crippen molar-refractivity contribution in [1.82, 2.24) is 0 Å². The van der Waals surface area contributed by atoms with Crippen molar-refractivity contribution in [3.63, 3.8) is 0 Å². The average molecular weight is 335 g/mol. The summed E-state index contributed by atoms with van der Waals surface area (Å²) in [5.41, 5.74) is 7.02. The SMILES string of the molecule is Nc1ccc(Cl)c(CS(=O)c2ccc(Cl)c(Cl)c2)c1. The second-order valence-electron chi connectivity index (χ2n) is 3.92. The van der Waals surface area contributed by atoms with Gasteiger partial charge in [-0.1, -0.05) is 34.8 Å². The van der Waals surface area contributed by atoms with Crippen LogP contribution in [0.5, 0.6) is 0 Å². The van der Waals surface area contributed by atoms with E-state index >= 15 is 0 Å². The first-order valence-electron chi connectivity index (χ1n) is 5.34. The van der Waals surface area contributed by atoms with Gasteiger partial charge >= 0.3 is 0 Å². The highest BCUT2D eigenvalue weighted by Gasteiger charge is 2.10. The van der Waals surface area contributed by atoms with Gasteiger partial charge < -0.3 is 5.73 Å². The van der Waals surface area contributed by atoms with E-state index in [0.29, 0.717) is 25.7 Å². The van der Waals surface area contributed by atoms with E-state index in [1.165, 1.54) is 0 Å². The number of benzene rings is 2. The molecule has 2 rings (SSSR count). The Morgan fingerprint density at radius 3 is 2.32 bits per heavy atom. The number of halogens is 3. The van der Waals surface area contributed by atoms with E-state index in [1.807, 2.05) is 0 Å². The lowest BCUT2D eigenvalue weighted by Gasteiger charge is -2.07. The van der Waals surface area contributed by atoms with Crippen LogP contribution in [0.2, 0.25) is 15.1 Å². The number of rotatable bonds is 3. The highest BCUT2D eigenvalue weighted by molar-refractivity contribution is 7.84. The van der Waals surface area contributed by atoms with Crippen LogP contribution >= 0.6 is 34.8 Å². The molecule has 1 unspecified atom stereocenters. The molecular weight excluding hydrogens is 325 g/mol. The van der Waals surface area contributed by atoms with Crippen molar-refractivity contribution in [2.24, 2.45) is 0 Å².